The van der Waals surface area contributed by atoms with Crippen LogP contribution in [0.25, 0.3) is 0 Å². The van der Waals surface area contributed by atoms with Crippen molar-refractivity contribution in [3.05, 3.63) is 54.1 Å². The zero-order valence-corrected chi connectivity index (χ0v) is 17.9. The van der Waals surface area contributed by atoms with Crippen LogP contribution in [0.3, 0.4) is 0 Å². The Labute approximate surface area is 178 Å². The molecular weight excluding hydrogens is 380 g/mol. The Kier molecular flexibility index (Phi) is 7.30. The number of anilines is 2. The van der Waals surface area contributed by atoms with E-state index >= 15 is 0 Å². The van der Waals surface area contributed by atoms with Gasteiger partial charge in [-0.25, -0.2) is 0 Å². The number of ether oxygens (including phenoxy) is 1. The Hall–Kier alpha value is -3.06. The van der Waals surface area contributed by atoms with Gasteiger partial charge in [0.05, 0.1) is 26.7 Å². The van der Waals surface area contributed by atoms with E-state index in [1.807, 2.05) is 14.1 Å². The number of amides is 2. The number of quaternary nitrogens is 1. The van der Waals surface area contributed by atoms with E-state index in [1.165, 1.54) is 23.3 Å². The summed E-state index contributed by atoms with van der Waals surface area (Å²) >= 11 is 0. The number of nitrogens with zero attached hydrogens (tertiary/aromatic N) is 1. The fraction of sp³-hybridized carbons (Fsp3) is 0.391. The maximum absolute atomic E-state index is 12.4. The van der Waals surface area contributed by atoms with E-state index in [-0.39, 0.29) is 6.04 Å². The van der Waals surface area contributed by atoms with Crippen LogP contribution in [0.4, 0.5) is 11.4 Å². The third-order valence-electron chi connectivity index (χ3n) is 5.55. The van der Waals surface area contributed by atoms with Crippen LogP contribution in [-0.2, 0) is 9.59 Å². The highest BCUT2D eigenvalue weighted by Crippen LogP contribution is 2.18. The normalized spacial score (nSPS) is 14.8. The molecule has 1 heterocycles. The molecule has 1 atom stereocenters. The van der Waals surface area contributed by atoms with E-state index < -0.39 is 11.8 Å². The molecular formula is C23H31N4O3+. The summed E-state index contributed by atoms with van der Waals surface area (Å²) in [5.74, 6) is -0.695. The minimum Gasteiger partial charge on any atom is -0.497 e. The number of likely N-dealkylation sites (tertiary alicyclic amines) is 1. The summed E-state index contributed by atoms with van der Waals surface area (Å²) in [6, 6.07) is 15.5. The van der Waals surface area contributed by atoms with Gasteiger partial charge in [0.15, 0.2) is 0 Å². The monoisotopic (exact) mass is 411 g/mol. The van der Waals surface area contributed by atoms with Gasteiger partial charge >= 0.3 is 11.8 Å². The van der Waals surface area contributed by atoms with E-state index in [0.29, 0.717) is 18.0 Å². The second kappa shape index (κ2) is 10.1. The van der Waals surface area contributed by atoms with Crippen LogP contribution in [0.5, 0.6) is 5.75 Å². The van der Waals surface area contributed by atoms with Crippen LogP contribution in [0.15, 0.2) is 48.5 Å². The molecule has 0 aliphatic carbocycles. The molecule has 0 unspecified atom stereocenters. The Balaban J connectivity index is 1.64. The molecule has 0 bridgehead atoms. The smallest absolute Gasteiger partial charge is 0.313 e. The molecule has 3 N–H and O–H groups in total. The lowest BCUT2D eigenvalue weighted by Crippen LogP contribution is -3.11. The van der Waals surface area contributed by atoms with Crippen LogP contribution in [-0.4, -0.2) is 52.7 Å². The average molecular weight is 412 g/mol. The third-order valence-corrected chi connectivity index (χ3v) is 5.55. The van der Waals surface area contributed by atoms with Gasteiger partial charge in [-0.2, -0.15) is 0 Å². The second-order valence-electron chi connectivity index (χ2n) is 7.80. The summed E-state index contributed by atoms with van der Waals surface area (Å²) in [5, 5.41) is 5.46. The molecule has 3 rings (SSSR count). The molecule has 1 aliphatic rings. The zero-order valence-electron chi connectivity index (χ0n) is 17.9. The van der Waals surface area contributed by atoms with E-state index in [4.69, 9.17) is 4.74 Å². The number of carbonyl (C=O) groups excluding carboxylic acids is 2. The molecule has 2 aromatic carbocycles. The minimum absolute atomic E-state index is 0.122. The standard InChI is InChI=1S/C23H30N4O3/c1-26(2)19-11-9-17(10-12-19)21(27-13-4-5-14-27)16-24-22(28)23(29)25-18-7-6-8-20(15-18)30-3/h6-12,15,21H,4-5,13-14,16H2,1-3H3,(H,24,28)(H,25,29)/p+1/t21-/m1/s1. The van der Waals surface area contributed by atoms with Crippen molar-refractivity contribution in [2.45, 2.75) is 18.9 Å². The molecule has 0 aromatic heterocycles. The van der Waals surface area contributed by atoms with E-state index in [0.717, 1.165) is 18.8 Å². The van der Waals surface area contributed by atoms with Gasteiger partial charge in [-0.05, 0) is 24.3 Å². The predicted molar refractivity (Wildman–Crippen MR) is 118 cm³/mol. The zero-order chi connectivity index (χ0) is 21.5. The predicted octanol–water partition coefficient (Wildman–Crippen LogP) is 1.24. The van der Waals surface area contributed by atoms with E-state index in [1.54, 1.807) is 31.4 Å². The van der Waals surface area contributed by atoms with Crippen LogP contribution >= 0.6 is 0 Å². The Bertz CT molecular complexity index is 861. The van der Waals surface area contributed by atoms with Gasteiger partial charge in [0, 0.05) is 49.9 Å². The highest BCUT2D eigenvalue weighted by atomic mass is 16.5. The molecule has 0 spiro atoms. The van der Waals surface area contributed by atoms with Gasteiger partial charge in [-0.15, -0.1) is 0 Å². The maximum Gasteiger partial charge on any atom is 0.313 e. The van der Waals surface area contributed by atoms with Crippen molar-refractivity contribution >= 4 is 23.2 Å². The number of hydrogen-bond donors (Lipinski definition) is 3. The van der Waals surface area contributed by atoms with Gasteiger partial charge < -0.3 is 25.2 Å². The summed E-state index contributed by atoms with van der Waals surface area (Å²) in [6.45, 7) is 2.57. The largest absolute Gasteiger partial charge is 0.497 e. The first-order valence-electron chi connectivity index (χ1n) is 10.3. The van der Waals surface area contributed by atoms with Crippen molar-refractivity contribution in [2.24, 2.45) is 0 Å². The molecule has 7 heteroatoms. The van der Waals surface area contributed by atoms with Crippen LogP contribution in [0.1, 0.15) is 24.4 Å². The quantitative estimate of drug-likeness (QED) is 0.600. The fourth-order valence-electron chi connectivity index (χ4n) is 3.84. The van der Waals surface area contributed by atoms with Crippen molar-refractivity contribution in [1.82, 2.24) is 5.32 Å². The fourth-order valence-corrected chi connectivity index (χ4v) is 3.84. The molecule has 1 aliphatic heterocycles. The first kappa shape index (κ1) is 21.6. The molecule has 1 saturated heterocycles. The van der Waals surface area contributed by atoms with Gasteiger partial charge in [-0.1, -0.05) is 18.2 Å². The molecule has 0 radical (unpaired) electrons. The van der Waals surface area contributed by atoms with Crippen molar-refractivity contribution in [3.63, 3.8) is 0 Å². The van der Waals surface area contributed by atoms with E-state index in [9.17, 15) is 9.59 Å². The number of nitrogens with one attached hydrogen (secondary N) is 3. The summed E-state index contributed by atoms with van der Waals surface area (Å²) in [6.07, 6.45) is 2.37. The number of rotatable bonds is 7. The lowest BCUT2D eigenvalue weighted by molar-refractivity contribution is -0.918. The summed E-state index contributed by atoms with van der Waals surface area (Å²) < 4.78 is 5.15. The Morgan fingerprint density at radius 3 is 2.40 bits per heavy atom. The minimum atomic E-state index is -0.679. The maximum atomic E-state index is 12.4. The molecule has 160 valence electrons. The van der Waals surface area contributed by atoms with Crippen LogP contribution in [0, 0.1) is 0 Å². The number of carbonyl (C=O) groups is 2. The summed E-state index contributed by atoms with van der Waals surface area (Å²) in [4.78, 5) is 28.3. The molecule has 1 fully saturated rings. The SMILES string of the molecule is COc1cccc(NC(=O)C(=O)NC[C@H](c2ccc(N(C)C)cc2)[NH+]2CCCC2)c1. The number of methoxy groups -OCH3 is 1. The Morgan fingerprint density at radius 2 is 1.77 bits per heavy atom. The van der Waals surface area contributed by atoms with Crippen molar-refractivity contribution < 1.29 is 19.2 Å². The lowest BCUT2D eigenvalue weighted by atomic mass is 10.0. The molecule has 2 aromatic rings. The number of hydrogen-bond acceptors (Lipinski definition) is 4. The first-order chi connectivity index (χ1) is 14.5. The van der Waals surface area contributed by atoms with Gasteiger partial charge in [-0.3, -0.25) is 9.59 Å². The molecule has 0 saturated carbocycles. The van der Waals surface area contributed by atoms with Gasteiger partial charge in [0.25, 0.3) is 0 Å². The van der Waals surface area contributed by atoms with Crippen molar-refractivity contribution in [3.8, 4) is 5.75 Å². The second-order valence-corrected chi connectivity index (χ2v) is 7.80. The van der Waals surface area contributed by atoms with Gasteiger partial charge in [0.2, 0.25) is 0 Å². The molecule has 2 amide bonds. The summed E-state index contributed by atoms with van der Waals surface area (Å²) in [5.41, 5.74) is 2.83. The first-order valence-corrected chi connectivity index (χ1v) is 10.3. The van der Waals surface area contributed by atoms with Crippen molar-refractivity contribution in [2.75, 3.05) is 51.1 Å². The highest BCUT2D eigenvalue weighted by molar-refractivity contribution is 6.39. The molecule has 30 heavy (non-hydrogen) atoms. The lowest BCUT2D eigenvalue weighted by Gasteiger charge is -2.25. The Morgan fingerprint density at radius 1 is 1.07 bits per heavy atom. The average Bonchev–Trinajstić information content (AvgIpc) is 3.28. The highest BCUT2D eigenvalue weighted by Gasteiger charge is 2.28. The summed E-state index contributed by atoms with van der Waals surface area (Å²) in [7, 11) is 5.58. The van der Waals surface area contributed by atoms with Crippen LogP contribution in [0.2, 0.25) is 0 Å². The molecule has 7 nitrogen and oxygen atoms in total. The van der Waals surface area contributed by atoms with Gasteiger partial charge in [0.1, 0.15) is 11.8 Å². The third kappa shape index (κ3) is 5.51. The topological polar surface area (TPSA) is 75.1 Å². The number of benzene rings is 2. The van der Waals surface area contributed by atoms with Crippen LogP contribution < -0.4 is 25.2 Å². The van der Waals surface area contributed by atoms with E-state index in [2.05, 4.69) is 39.8 Å². The van der Waals surface area contributed by atoms with Crippen molar-refractivity contribution in [1.29, 1.82) is 0 Å².